The van der Waals surface area contributed by atoms with Crippen LogP contribution in [0.5, 0.6) is 0 Å². The molecule has 2 aliphatic carbocycles. The van der Waals surface area contributed by atoms with Crippen LogP contribution in [0, 0.1) is 23.7 Å². The first-order valence-electron chi connectivity index (χ1n) is 4.53. The lowest BCUT2D eigenvalue weighted by atomic mass is 9.81. The highest BCUT2D eigenvalue weighted by atomic mass is 16.5. The normalized spacial score (nSPS) is 52.9. The van der Waals surface area contributed by atoms with Gasteiger partial charge in [-0.3, -0.25) is 4.79 Å². The van der Waals surface area contributed by atoms with Crippen molar-refractivity contribution < 1.29 is 9.53 Å². The number of fused-ring (bicyclic) bond motifs is 5. The van der Waals surface area contributed by atoms with Crippen LogP contribution in [0.4, 0.5) is 0 Å². The zero-order valence-electron chi connectivity index (χ0n) is 6.45. The second kappa shape index (κ2) is 1.79. The average Bonchev–Trinajstić information content (AvgIpc) is 2.60. The molecule has 1 saturated heterocycles. The Morgan fingerprint density at radius 1 is 1.27 bits per heavy atom. The lowest BCUT2D eigenvalue weighted by molar-refractivity contribution is -0.142. The highest BCUT2D eigenvalue weighted by molar-refractivity contribution is 5.75. The van der Waals surface area contributed by atoms with Gasteiger partial charge in [-0.15, -0.1) is 0 Å². The van der Waals surface area contributed by atoms with Crippen molar-refractivity contribution in [2.75, 3.05) is 6.61 Å². The molecule has 3 rings (SSSR count). The Kier molecular flexibility index (Phi) is 0.984. The molecular weight excluding hydrogens is 140 g/mol. The Labute approximate surface area is 65.9 Å². The molecule has 11 heavy (non-hydrogen) atoms. The monoisotopic (exact) mass is 152 g/mol. The highest BCUT2D eigenvalue weighted by Crippen LogP contribution is 2.54. The molecule has 0 spiro atoms. The van der Waals surface area contributed by atoms with E-state index in [9.17, 15) is 4.79 Å². The van der Waals surface area contributed by atoms with E-state index in [4.69, 9.17) is 4.74 Å². The first-order chi connectivity index (χ1) is 5.36. The van der Waals surface area contributed by atoms with Crippen LogP contribution in [-0.2, 0) is 9.53 Å². The summed E-state index contributed by atoms with van der Waals surface area (Å²) in [5.41, 5.74) is 0. The van der Waals surface area contributed by atoms with Crippen LogP contribution in [-0.4, -0.2) is 12.6 Å². The fourth-order valence-corrected chi connectivity index (χ4v) is 3.29. The van der Waals surface area contributed by atoms with E-state index in [1.165, 1.54) is 19.3 Å². The predicted octanol–water partition coefficient (Wildman–Crippen LogP) is 1.21. The van der Waals surface area contributed by atoms with Crippen molar-refractivity contribution in [3.63, 3.8) is 0 Å². The molecule has 0 N–H and O–H groups in total. The van der Waals surface area contributed by atoms with E-state index < -0.39 is 0 Å². The van der Waals surface area contributed by atoms with Crippen molar-refractivity contribution in [1.82, 2.24) is 0 Å². The Morgan fingerprint density at radius 3 is 2.91 bits per heavy atom. The topological polar surface area (TPSA) is 26.3 Å². The van der Waals surface area contributed by atoms with Crippen LogP contribution in [0.2, 0.25) is 0 Å². The molecule has 3 fully saturated rings. The van der Waals surface area contributed by atoms with Gasteiger partial charge in [0, 0.05) is 5.92 Å². The van der Waals surface area contributed by atoms with Crippen molar-refractivity contribution >= 4 is 5.97 Å². The van der Waals surface area contributed by atoms with Gasteiger partial charge in [0.15, 0.2) is 0 Å². The molecule has 2 saturated carbocycles. The molecule has 4 atom stereocenters. The van der Waals surface area contributed by atoms with Crippen LogP contribution in [0.1, 0.15) is 19.3 Å². The SMILES string of the molecule is O=C1OC[C@@H]2[C@@H]3CC[C@@H](C3)[C@@H]12. The van der Waals surface area contributed by atoms with Gasteiger partial charge in [-0.2, -0.15) is 0 Å². The number of carbonyl (C=O) groups is 1. The van der Waals surface area contributed by atoms with Crippen molar-refractivity contribution in [3.05, 3.63) is 0 Å². The Morgan fingerprint density at radius 2 is 2.09 bits per heavy atom. The van der Waals surface area contributed by atoms with Gasteiger partial charge in [-0.25, -0.2) is 0 Å². The average molecular weight is 152 g/mol. The van der Waals surface area contributed by atoms with Crippen LogP contribution in [0.25, 0.3) is 0 Å². The fraction of sp³-hybridized carbons (Fsp3) is 0.889. The van der Waals surface area contributed by atoms with Gasteiger partial charge in [0.05, 0.1) is 12.5 Å². The summed E-state index contributed by atoms with van der Waals surface area (Å²) in [4.78, 5) is 11.2. The van der Waals surface area contributed by atoms with E-state index >= 15 is 0 Å². The summed E-state index contributed by atoms with van der Waals surface area (Å²) in [5, 5.41) is 0. The third kappa shape index (κ3) is 0.608. The summed E-state index contributed by atoms with van der Waals surface area (Å²) in [7, 11) is 0. The summed E-state index contributed by atoms with van der Waals surface area (Å²) in [6.07, 6.45) is 3.94. The molecule has 0 aromatic heterocycles. The van der Waals surface area contributed by atoms with Crippen LogP contribution in [0.15, 0.2) is 0 Å². The lowest BCUT2D eigenvalue weighted by Gasteiger charge is -2.19. The summed E-state index contributed by atoms with van der Waals surface area (Å²) >= 11 is 0. The van der Waals surface area contributed by atoms with E-state index in [1.807, 2.05) is 0 Å². The molecule has 3 aliphatic rings. The smallest absolute Gasteiger partial charge is 0.309 e. The van der Waals surface area contributed by atoms with Gasteiger partial charge in [0.25, 0.3) is 0 Å². The minimum atomic E-state index is 0.0993. The highest BCUT2D eigenvalue weighted by Gasteiger charge is 2.54. The molecule has 2 nitrogen and oxygen atoms in total. The van der Waals surface area contributed by atoms with Crippen molar-refractivity contribution in [3.8, 4) is 0 Å². The van der Waals surface area contributed by atoms with Crippen molar-refractivity contribution in [2.24, 2.45) is 23.7 Å². The molecule has 1 aliphatic heterocycles. The number of rotatable bonds is 0. The standard InChI is InChI=1S/C9H12O2/c10-9-8-6-2-1-5(3-6)7(8)4-11-9/h5-8H,1-4H2/t5-,6+,7-,8-/m1/s1. The van der Waals surface area contributed by atoms with Gasteiger partial charge in [-0.1, -0.05) is 0 Å². The van der Waals surface area contributed by atoms with Gasteiger partial charge >= 0.3 is 5.97 Å². The minimum absolute atomic E-state index is 0.0993. The minimum Gasteiger partial charge on any atom is -0.465 e. The molecule has 0 unspecified atom stereocenters. The third-order valence-corrected chi connectivity index (χ3v) is 3.78. The maximum atomic E-state index is 11.2. The molecule has 60 valence electrons. The quantitative estimate of drug-likeness (QED) is 0.487. The van der Waals surface area contributed by atoms with Crippen LogP contribution < -0.4 is 0 Å². The van der Waals surface area contributed by atoms with E-state index in [0.29, 0.717) is 17.8 Å². The number of hydrogen-bond acceptors (Lipinski definition) is 2. The molecule has 0 aromatic rings. The maximum Gasteiger partial charge on any atom is 0.309 e. The maximum absolute atomic E-state index is 11.2. The van der Waals surface area contributed by atoms with Crippen molar-refractivity contribution in [2.45, 2.75) is 19.3 Å². The first-order valence-corrected chi connectivity index (χ1v) is 4.53. The second-order valence-corrected chi connectivity index (χ2v) is 4.15. The third-order valence-electron chi connectivity index (χ3n) is 3.78. The van der Waals surface area contributed by atoms with Gasteiger partial charge in [-0.05, 0) is 31.1 Å². The van der Waals surface area contributed by atoms with Gasteiger partial charge in [0.2, 0.25) is 0 Å². The Balaban J connectivity index is 1.97. The summed E-state index contributed by atoms with van der Waals surface area (Å²) in [5.74, 6) is 2.55. The lowest BCUT2D eigenvalue weighted by Crippen LogP contribution is -2.22. The number of esters is 1. The van der Waals surface area contributed by atoms with E-state index in [-0.39, 0.29) is 5.97 Å². The fourth-order valence-electron chi connectivity index (χ4n) is 3.29. The molecule has 1 heterocycles. The van der Waals surface area contributed by atoms with E-state index in [1.54, 1.807) is 0 Å². The molecule has 2 bridgehead atoms. The molecular formula is C9H12O2. The van der Waals surface area contributed by atoms with Crippen molar-refractivity contribution in [1.29, 1.82) is 0 Å². The van der Waals surface area contributed by atoms with Gasteiger partial charge in [0.1, 0.15) is 0 Å². The predicted molar refractivity (Wildman–Crippen MR) is 38.8 cm³/mol. The van der Waals surface area contributed by atoms with E-state index in [0.717, 1.165) is 12.5 Å². The van der Waals surface area contributed by atoms with Gasteiger partial charge < -0.3 is 4.74 Å². The largest absolute Gasteiger partial charge is 0.465 e. The number of carbonyl (C=O) groups excluding carboxylic acids is 1. The van der Waals surface area contributed by atoms with Crippen LogP contribution >= 0.6 is 0 Å². The van der Waals surface area contributed by atoms with E-state index in [2.05, 4.69) is 0 Å². The Bertz CT molecular complexity index is 212. The number of hydrogen-bond donors (Lipinski definition) is 0. The molecule has 0 amide bonds. The molecule has 2 heteroatoms. The van der Waals surface area contributed by atoms with Crippen LogP contribution in [0.3, 0.4) is 0 Å². The Hall–Kier alpha value is -0.530. The molecule has 0 aromatic carbocycles. The summed E-state index contributed by atoms with van der Waals surface area (Å²) in [6.45, 7) is 0.727. The summed E-state index contributed by atoms with van der Waals surface area (Å²) < 4.78 is 5.06. The zero-order valence-corrected chi connectivity index (χ0v) is 6.45. The zero-order chi connectivity index (χ0) is 7.42. The number of ether oxygens (including phenoxy) is 1. The second-order valence-electron chi connectivity index (χ2n) is 4.15. The first kappa shape index (κ1) is 6.04. The number of cyclic esters (lactones) is 1. The summed E-state index contributed by atoms with van der Waals surface area (Å²) in [6, 6.07) is 0. The molecule has 0 radical (unpaired) electrons.